The van der Waals surface area contributed by atoms with Gasteiger partial charge in [-0.2, -0.15) is 0 Å². The third-order valence-electron chi connectivity index (χ3n) is 4.88. The van der Waals surface area contributed by atoms with Crippen molar-refractivity contribution < 1.29 is 24.2 Å². The number of carboxylic acid groups (broad SMARTS) is 1. The summed E-state index contributed by atoms with van der Waals surface area (Å²) >= 11 is 6.03. The quantitative estimate of drug-likeness (QED) is 0.574. The summed E-state index contributed by atoms with van der Waals surface area (Å²) in [5, 5.41) is 12.1. The first-order valence-electron chi connectivity index (χ1n) is 9.44. The van der Waals surface area contributed by atoms with Crippen LogP contribution in [0.2, 0.25) is 5.02 Å². The maximum absolute atomic E-state index is 12.6. The predicted octanol–water partition coefficient (Wildman–Crippen LogP) is 2.26. The number of hydrogen-bond donors (Lipinski definition) is 3. The Morgan fingerprint density at radius 1 is 1.33 bits per heavy atom. The summed E-state index contributed by atoms with van der Waals surface area (Å²) in [4.78, 5) is 25.8. The van der Waals surface area contributed by atoms with E-state index >= 15 is 0 Å². The van der Waals surface area contributed by atoms with Crippen molar-refractivity contribution in [1.29, 1.82) is 0 Å². The largest absolute Gasteiger partial charge is 0.496 e. The van der Waals surface area contributed by atoms with Gasteiger partial charge in [-0.25, -0.2) is 4.79 Å². The zero-order chi connectivity index (χ0) is 21.7. The molecule has 4 N–H and O–H groups in total. The van der Waals surface area contributed by atoms with Gasteiger partial charge in [0.05, 0.1) is 41.7 Å². The smallest absolute Gasteiger partial charge is 0.335 e. The molecule has 1 saturated heterocycles. The Kier molecular flexibility index (Phi) is 7.15. The lowest BCUT2D eigenvalue weighted by Crippen LogP contribution is -2.47. The normalized spacial score (nSPS) is 16.8. The minimum absolute atomic E-state index is 0.170. The molecule has 0 bridgehead atoms. The second-order valence-corrected chi connectivity index (χ2v) is 7.42. The SMILES string of the molecule is COc1cc(N)c(Cl)cc1C(=O)NCC1CN(Cc2ccc(C(=O)O)cc2)CCO1. The number of nitrogens with zero attached hydrogens (tertiary/aromatic N) is 1. The summed E-state index contributed by atoms with van der Waals surface area (Å²) < 4.78 is 11.0. The zero-order valence-corrected chi connectivity index (χ0v) is 17.3. The second kappa shape index (κ2) is 9.80. The third kappa shape index (κ3) is 5.41. The van der Waals surface area contributed by atoms with Gasteiger partial charge in [0.1, 0.15) is 5.75 Å². The molecule has 0 radical (unpaired) electrons. The summed E-state index contributed by atoms with van der Waals surface area (Å²) in [5.41, 5.74) is 7.69. The van der Waals surface area contributed by atoms with E-state index < -0.39 is 5.97 Å². The van der Waals surface area contributed by atoms with E-state index in [1.807, 2.05) is 12.1 Å². The van der Waals surface area contributed by atoms with E-state index in [1.54, 1.807) is 12.1 Å². The Morgan fingerprint density at radius 3 is 2.73 bits per heavy atom. The van der Waals surface area contributed by atoms with Crippen molar-refractivity contribution in [3.63, 3.8) is 0 Å². The van der Waals surface area contributed by atoms with Gasteiger partial charge in [0.15, 0.2) is 0 Å². The van der Waals surface area contributed by atoms with Crippen LogP contribution in [0.5, 0.6) is 5.75 Å². The Bertz CT molecular complexity index is 920. The second-order valence-electron chi connectivity index (χ2n) is 7.01. The van der Waals surface area contributed by atoms with E-state index in [2.05, 4.69) is 10.2 Å². The number of carbonyl (C=O) groups is 2. The van der Waals surface area contributed by atoms with E-state index in [4.69, 9.17) is 31.9 Å². The summed E-state index contributed by atoms with van der Waals surface area (Å²) in [6.07, 6.45) is -0.170. The van der Waals surface area contributed by atoms with Gasteiger partial charge in [0.2, 0.25) is 0 Å². The van der Waals surface area contributed by atoms with Gasteiger partial charge < -0.3 is 25.6 Å². The molecule has 1 atom stereocenters. The highest BCUT2D eigenvalue weighted by molar-refractivity contribution is 6.33. The molecule has 2 aromatic rings. The third-order valence-corrected chi connectivity index (χ3v) is 5.21. The molecule has 8 nitrogen and oxygen atoms in total. The maximum Gasteiger partial charge on any atom is 0.335 e. The first-order valence-corrected chi connectivity index (χ1v) is 9.82. The fourth-order valence-corrected chi connectivity index (χ4v) is 3.44. The molecule has 160 valence electrons. The Labute approximate surface area is 179 Å². The van der Waals surface area contributed by atoms with E-state index in [-0.39, 0.29) is 22.6 Å². The van der Waals surface area contributed by atoms with Gasteiger partial charge in [0, 0.05) is 32.2 Å². The minimum Gasteiger partial charge on any atom is -0.496 e. The zero-order valence-electron chi connectivity index (χ0n) is 16.6. The van der Waals surface area contributed by atoms with Crippen LogP contribution in [-0.2, 0) is 11.3 Å². The molecule has 9 heteroatoms. The number of nitrogens with two attached hydrogens (primary N) is 1. The number of rotatable bonds is 7. The van der Waals surface area contributed by atoms with E-state index in [0.29, 0.717) is 43.2 Å². The van der Waals surface area contributed by atoms with Crippen LogP contribution in [-0.4, -0.2) is 61.3 Å². The molecule has 0 aliphatic carbocycles. The maximum atomic E-state index is 12.6. The minimum atomic E-state index is -0.942. The Balaban J connectivity index is 1.55. The lowest BCUT2D eigenvalue weighted by atomic mass is 10.1. The van der Waals surface area contributed by atoms with Crippen molar-refractivity contribution in [2.24, 2.45) is 0 Å². The molecule has 1 unspecified atom stereocenters. The van der Waals surface area contributed by atoms with E-state index in [9.17, 15) is 9.59 Å². The molecule has 3 rings (SSSR count). The van der Waals surface area contributed by atoms with Crippen molar-refractivity contribution in [3.05, 3.63) is 58.1 Å². The van der Waals surface area contributed by atoms with Crippen molar-refractivity contribution in [1.82, 2.24) is 10.2 Å². The van der Waals surface area contributed by atoms with Gasteiger partial charge in [-0.3, -0.25) is 9.69 Å². The van der Waals surface area contributed by atoms with Crippen LogP contribution in [0.1, 0.15) is 26.3 Å². The summed E-state index contributed by atoms with van der Waals surface area (Å²) in [7, 11) is 1.46. The number of hydrogen-bond acceptors (Lipinski definition) is 6. The fourth-order valence-electron chi connectivity index (χ4n) is 3.28. The molecule has 30 heavy (non-hydrogen) atoms. The molecule has 1 amide bonds. The molecule has 1 fully saturated rings. The lowest BCUT2D eigenvalue weighted by Gasteiger charge is -2.33. The molecular weight excluding hydrogens is 410 g/mol. The number of nitrogens with one attached hydrogen (secondary N) is 1. The molecular formula is C21H24ClN3O5. The number of methoxy groups -OCH3 is 1. The first-order chi connectivity index (χ1) is 14.4. The number of amides is 1. The number of benzene rings is 2. The number of halogens is 1. The van der Waals surface area contributed by atoms with Crippen molar-refractivity contribution >= 4 is 29.2 Å². The van der Waals surface area contributed by atoms with Crippen LogP contribution < -0.4 is 15.8 Å². The summed E-state index contributed by atoms with van der Waals surface area (Å²) in [5.74, 6) is -0.910. The Morgan fingerprint density at radius 2 is 2.07 bits per heavy atom. The number of ether oxygens (including phenoxy) is 2. The molecule has 2 aromatic carbocycles. The predicted molar refractivity (Wildman–Crippen MR) is 113 cm³/mol. The van der Waals surface area contributed by atoms with Crippen LogP contribution in [0, 0.1) is 0 Å². The first kappa shape index (κ1) is 21.9. The van der Waals surface area contributed by atoms with E-state index in [0.717, 1.165) is 12.1 Å². The number of carboxylic acids is 1. The summed E-state index contributed by atoms with van der Waals surface area (Å²) in [6.45, 7) is 2.95. The standard InChI is InChI=1S/C21H24ClN3O5/c1-29-19-9-18(23)17(22)8-16(19)20(26)24-10-15-12-25(6-7-30-15)11-13-2-4-14(5-3-13)21(27)28/h2-5,8-9,15H,6-7,10-12,23H2,1H3,(H,24,26)(H,27,28). The average Bonchev–Trinajstić information content (AvgIpc) is 2.74. The topological polar surface area (TPSA) is 114 Å². The molecule has 1 aliphatic rings. The van der Waals surface area contributed by atoms with Gasteiger partial charge in [0.25, 0.3) is 5.91 Å². The summed E-state index contributed by atoms with van der Waals surface area (Å²) in [6, 6.07) is 9.83. The van der Waals surface area contributed by atoms with Gasteiger partial charge in [-0.1, -0.05) is 23.7 Å². The monoisotopic (exact) mass is 433 g/mol. The molecule has 1 aliphatic heterocycles. The van der Waals surface area contributed by atoms with Crippen molar-refractivity contribution in [2.75, 3.05) is 39.1 Å². The average molecular weight is 434 g/mol. The number of carbonyl (C=O) groups excluding carboxylic acids is 1. The molecule has 0 saturated carbocycles. The molecule has 1 heterocycles. The fraction of sp³-hybridized carbons (Fsp3) is 0.333. The van der Waals surface area contributed by atoms with Crippen LogP contribution in [0.15, 0.2) is 36.4 Å². The van der Waals surface area contributed by atoms with Gasteiger partial charge in [-0.15, -0.1) is 0 Å². The Hall–Kier alpha value is -2.81. The number of morpholine rings is 1. The molecule has 0 spiro atoms. The number of nitrogen functional groups attached to an aromatic ring is 1. The number of aromatic carboxylic acids is 1. The van der Waals surface area contributed by atoms with Crippen LogP contribution in [0.4, 0.5) is 5.69 Å². The highest BCUT2D eigenvalue weighted by Crippen LogP contribution is 2.28. The van der Waals surface area contributed by atoms with Gasteiger partial charge >= 0.3 is 5.97 Å². The van der Waals surface area contributed by atoms with Crippen LogP contribution >= 0.6 is 11.6 Å². The van der Waals surface area contributed by atoms with Gasteiger partial charge in [-0.05, 0) is 23.8 Å². The lowest BCUT2D eigenvalue weighted by molar-refractivity contribution is -0.0292. The van der Waals surface area contributed by atoms with Crippen LogP contribution in [0.25, 0.3) is 0 Å². The highest BCUT2D eigenvalue weighted by Gasteiger charge is 2.22. The van der Waals surface area contributed by atoms with Crippen LogP contribution in [0.3, 0.4) is 0 Å². The van der Waals surface area contributed by atoms with Crippen molar-refractivity contribution in [3.8, 4) is 5.75 Å². The van der Waals surface area contributed by atoms with E-state index in [1.165, 1.54) is 19.2 Å². The number of anilines is 1. The molecule has 0 aromatic heterocycles. The highest BCUT2D eigenvalue weighted by atomic mass is 35.5. The van der Waals surface area contributed by atoms with Crippen molar-refractivity contribution in [2.45, 2.75) is 12.6 Å².